The molecule has 1 aromatic rings. The van der Waals surface area contributed by atoms with E-state index < -0.39 is 0 Å². The van der Waals surface area contributed by atoms with Crippen molar-refractivity contribution in [3.05, 3.63) is 29.8 Å². The van der Waals surface area contributed by atoms with Crippen LogP contribution in [0.2, 0.25) is 0 Å². The minimum absolute atomic E-state index is 0.162. The Morgan fingerprint density at radius 2 is 1.71 bits per heavy atom. The van der Waals surface area contributed by atoms with E-state index in [1.807, 2.05) is 6.92 Å². The third kappa shape index (κ3) is 6.52. The molecule has 1 rings (SSSR count). The molecule has 0 heterocycles. The molecular weight excluding hydrogens is 258 g/mol. The minimum atomic E-state index is 0.162. The second kappa shape index (κ2) is 8.43. The Labute approximate surface area is 131 Å². The van der Waals surface area contributed by atoms with Gasteiger partial charge in [0.2, 0.25) is 0 Å². The van der Waals surface area contributed by atoms with Gasteiger partial charge in [-0.05, 0) is 57.2 Å². The van der Waals surface area contributed by atoms with E-state index in [2.05, 4.69) is 64.2 Å². The molecule has 2 atom stereocenters. The highest BCUT2D eigenvalue weighted by Gasteiger charge is 2.21. The van der Waals surface area contributed by atoms with Crippen molar-refractivity contribution in [1.82, 2.24) is 5.32 Å². The summed E-state index contributed by atoms with van der Waals surface area (Å²) in [5.41, 5.74) is 1.58. The Balaban J connectivity index is 2.83. The lowest BCUT2D eigenvalue weighted by Gasteiger charge is -2.29. The molecule has 0 radical (unpaired) electrons. The predicted octanol–water partition coefficient (Wildman–Crippen LogP) is 4.99. The van der Waals surface area contributed by atoms with E-state index in [1.165, 1.54) is 18.4 Å². The van der Waals surface area contributed by atoms with Crippen molar-refractivity contribution in [1.29, 1.82) is 0 Å². The number of benzene rings is 1. The number of ether oxygens (including phenoxy) is 1. The van der Waals surface area contributed by atoms with Crippen molar-refractivity contribution >= 4 is 0 Å². The molecule has 0 aromatic heterocycles. The van der Waals surface area contributed by atoms with Gasteiger partial charge in [-0.15, -0.1) is 0 Å². The molecule has 1 aromatic carbocycles. The standard InChI is InChI=1S/C19H33NO/c1-7-9-15(3)18(14-20-19(4,5)6)16-10-12-17(13-11-16)21-8-2/h10-13,15,18,20H,7-9,14H2,1-6H3. The molecule has 120 valence electrons. The van der Waals surface area contributed by atoms with Gasteiger partial charge in [0.15, 0.2) is 0 Å². The Morgan fingerprint density at radius 1 is 1.10 bits per heavy atom. The first kappa shape index (κ1) is 18.0. The summed E-state index contributed by atoms with van der Waals surface area (Å²) >= 11 is 0. The van der Waals surface area contributed by atoms with Gasteiger partial charge in [-0.3, -0.25) is 0 Å². The molecule has 0 aliphatic heterocycles. The number of nitrogens with one attached hydrogen (secondary N) is 1. The van der Waals surface area contributed by atoms with Crippen LogP contribution >= 0.6 is 0 Å². The van der Waals surface area contributed by atoms with Gasteiger partial charge < -0.3 is 10.1 Å². The first-order valence-electron chi connectivity index (χ1n) is 8.35. The molecule has 0 aliphatic carbocycles. The van der Waals surface area contributed by atoms with Gasteiger partial charge in [0.1, 0.15) is 5.75 Å². The van der Waals surface area contributed by atoms with Crippen LogP contribution in [0.15, 0.2) is 24.3 Å². The highest BCUT2D eigenvalue weighted by molar-refractivity contribution is 5.30. The number of hydrogen-bond donors (Lipinski definition) is 1. The minimum Gasteiger partial charge on any atom is -0.494 e. The van der Waals surface area contributed by atoms with E-state index in [-0.39, 0.29) is 5.54 Å². The zero-order chi connectivity index (χ0) is 15.9. The second-order valence-corrected chi connectivity index (χ2v) is 7.01. The Kier molecular flexibility index (Phi) is 7.24. The summed E-state index contributed by atoms with van der Waals surface area (Å²) in [6.45, 7) is 15.1. The summed E-state index contributed by atoms with van der Waals surface area (Å²) in [5.74, 6) is 2.20. The first-order chi connectivity index (χ1) is 9.87. The molecule has 0 aliphatic rings. The highest BCUT2D eigenvalue weighted by Crippen LogP contribution is 2.29. The van der Waals surface area contributed by atoms with E-state index in [0.717, 1.165) is 18.9 Å². The van der Waals surface area contributed by atoms with Crippen molar-refractivity contribution in [2.45, 2.75) is 65.8 Å². The zero-order valence-corrected chi connectivity index (χ0v) is 14.7. The van der Waals surface area contributed by atoms with Crippen LogP contribution in [0.25, 0.3) is 0 Å². The van der Waals surface area contributed by atoms with E-state index in [9.17, 15) is 0 Å². The van der Waals surface area contributed by atoms with Crippen LogP contribution in [-0.2, 0) is 0 Å². The molecule has 0 bridgehead atoms. The van der Waals surface area contributed by atoms with Crippen molar-refractivity contribution in [3.63, 3.8) is 0 Å². The smallest absolute Gasteiger partial charge is 0.119 e. The molecule has 0 amide bonds. The van der Waals surface area contributed by atoms with Crippen LogP contribution in [0.5, 0.6) is 5.75 Å². The van der Waals surface area contributed by atoms with Gasteiger partial charge in [-0.1, -0.05) is 38.8 Å². The molecule has 0 fully saturated rings. The lowest BCUT2D eigenvalue weighted by atomic mass is 9.84. The Hall–Kier alpha value is -1.02. The van der Waals surface area contributed by atoms with Crippen LogP contribution in [0.1, 0.15) is 65.9 Å². The fraction of sp³-hybridized carbons (Fsp3) is 0.684. The third-order valence-corrected chi connectivity index (χ3v) is 3.90. The lowest BCUT2D eigenvalue weighted by Crippen LogP contribution is -2.39. The Bertz CT molecular complexity index is 391. The molecule has 1 N–H and O–H groups in total. The summed E-state index contributed by atoms with van der Waals surface area (Å²) in [5, 5.41) is 3.67. The fourth-order valence-electron chi connectivity index (χ4n) is 2.70. The summed E-state index contributed by atoms with van der Waals surface area (Å²) in [6, 6.07) is 8.65. The SMILES string of the molecule is CCCC(C)C(CNC(C)(C)C)c1ccc(OCC)cc1. The third-order valence-electron chi connectivity index (χ3n) is 3.90. The van der Waals surface area contributed by atoms with Crippen LogP contribution in [0.4, 0.5) is 0 Å². The Morgan fingerprint density at radius 3 is 2.19 bits per heavy atom. The maximum absolute atomic E-state index is 5.55. The van der Waals surface area contributed by atoms with Crippen molar-refractivity contribution in [2.75, 3.05) is 13.2 Å². The molecular formula is C19H33NO. The van der Waals surface area contributed by atoms with Gasteiger partial charge in [0.25, 0.3) is 0 Å². The molecule has 0 saturated heterocycles. The van der Waals surface area contributed by atoms with E-state index in [1.54, 1.807) is 0 Å². The van der Waals surface area contributed by atoms with E-state index >= 15 is 0 Å². The van der Waals surface area contributed by atoms with Gasteiger partial charge in [0.05, 0.1) is 6.61 Å². The van der Waals surface area contributed by atoms with Crippen LogP contribution in [0.3, 0.4) is 0 Å². The summed E-state index contributed by atoms with van der Waals surface area (Å²) in [7, 11) is 0. The maximum Gasteiger partial charge on any atom is 0.119 e. The number of rotatable bonds is 8. The lowest BCUT2D eigenvalue weighted by molar-refractivity contribution is 0.337. The van der Waals surface area contributed by atoms with Crippen LogP contribution < -0.4 is 10.1 Å². The summed E-state index contributed by atoms with van der Waals surface area (Å²) in [4.78, 5) is 0. The van der Waals surface area contributed by atoms with Gasteiger partial charge in [-0.2, -0.15) is 0 Å². The average Bonchev–Trinajstić information content (AvgIpc) is 2.40. The van der Waals surface area contributed by atoms with Crippen molar-refractivity contribution < 1.29 is 4.74 Å². The first-order valence-corrected chi connectivity index (χ1v) is 8.35. The van der Waals surface area contributed by atoms with Crippen molar-refractivity contribution in [2.24, 2.45) is 5.92 Å². The molecule has 2 unspecified atom stereocenters. The quantitative estimate of drug-likeness (QED) is 0.728. The van der Waals surface area contributed by atoms with Crippen LogP contribution in [0, 0.1) is 5.92 Å². The highest BCUT2D eigenvalue weighted by atomic mass is 16.5. The van der Waals surface area contributed by atoms with Gasteiger partial charge in [-0.25, -0.2) is 0 Å². The summed E-state index contributed by atoms with van der Waals surface area (Å²) < 4.78 is 5.55. The van der Waals surface area contributed by atoms with Crippen LogP contribution in [-0.4, -0.2) is 18.7 Å². The maximum atomic E-state index is 5.55. The fourth-order valence-corrected chi connectivity index (χ4v) is 2.70. The topological polar surface area (TPSA) is 21.3 Å². The molecule has 0 spiro atoms. The number of hydrogen-bond acceptors (Lipinski definition) is 2. The van der Waals surface area contributed by atoms with Gasteiger partial charge >= 0.3 is 0 Å². The molecule has 21 heavy (non-hydrogen) atoms. The predicted molar refractivity (Wildman–Crippen MR) is 92.2 cm³/mol. The monoisotopic (exact) mass is 291 g/mol. The molecule has 2 nitrogen and oxygen atoms in total. The summed E-state index contributed by atoms with van der Waals surface area (Å²) in [6.07, 6.45) is 2.51. The van der Waals surface area contributed by atoms with Crippen molar-refractivity contribution in [3.8, 4) is 5.75 Å². The average molecular weight is 291 g/mol. The van der Waals surface area contributed by atoms with E-state index in [4.69, 9.17) is 4.74 Å². The van der Waals surface area contributed by atoms with E-state index in [0.29, 0.717) is 11.8 Å². The molecule has 2 heteroatoms. The zero-order valence-electron chi connectivity index (χ0n) is 14.7. The largest absolute Gasteiger partial charge is 0.494 e. The van der Waals surface area contributed by atoms with Gasteiger partial charge in [0, 0.05) is 12.1 Å². The normalized spacial score (nSPS) is 14.8. The second-order valence-electron chi connectivity index (χ2n) is 7.01. The molecule has 0 saturated carbocycles.